The maximum absolute atomic E-state index is 10.8. The number of hydrogen-bond acceptors (Lipinski definition) is 4. The predicted octanol–water partition coefficient (Wildman–Crippen LogP) is 1.51. The van der Waals surface area contributed by atoms with E-state index in [1.165, 1.54) is 12.1 Å². The van der Waals surface area contributed by atoms with Crippen molar-refractivity contribution in [2.45, 2.75) is 19.4 Å². The largest absolute Gasteiger partial charge is 0.508 e. The molecule has 0 amide bonds. The van der Waals surface area contributed by atoms with Gasteiger partial charge in [-0.1, -0.05) is 0 Å². The van der Waals surface area contributed by atoms with Crippen molar-refractivity contribution in [2.75, 3.05) is 6.54 Å². The summed E-state index contributed by atoms with van der Waals surface area (Å²) in [7, 11) is 0. The molecule has 15 heavy (non-hydrogen) atoms. The highest BCUT2D eigenvalue weighted by Gasteiger charge is 2.26. The smallest absolute Gasteiger partial charge is 0.273 e. The van der Waals surface area contributed by atoms with Gasteiger partial charge in [0.2, 0.25) is 0 Å². The number of nitrogens with zero attached hydrogens (tertiary/aromatic N) is 1. The Morgan fingerprint density at radius 1 is 1.60 bits per heavy atom. The summed E-state index contributed by atoms with van der Waals surface area (Å²) >= 11 is 0. The average molecular weight is 208 g/mol. The molecule has 0 fully saturated rings. The second-order valence-corrected chi connectivity index (χ2v) is 3.68. The van der Waals surface area contributed by atoms with Crippen LogP contribution < -0.4 is 5.32 Å². The van der Waals surface area contributed by atoms with Crippen LogP contribution in [0, 0.1) is 10.1 Å². The third-order valence-corrected chi connectivity index (χ3v) is 2.76. The zero-order valence-electron chi connectivity index (χ0n) is 8.36. The summed E-state index contributed by atoms with van der Waals surface area (Å²) in [6.45, 7) is 2.60. The van der Waals surface area contributed by atoms with Crippen LogP contribution in [0.2, 0.25) is 0 Å². The van der Waals surface area contributed by atoms with E-state index >= 15 is 0 Å². The molecule has 0 radical (unpaired) electrons. The number of nitrogens with one attached hydrogen (secondary N) is 1. The molecule has 2 N–H and O–H groups in total. The van der Waals surface area contributed by atoms with Gasteiger partial charge in [0.05, 0.1) is 4.92 Å². The van der Waals surface area contributed by atoms with Gasteiger partial charge in [-0.3, -0.25) is 10.1 Å². The summed E-state index contributed by atoms with van der Waals surface area (Å²) in [6.07, 6.45) is 0.588. The first-order valence-electron chi connectivity index (χ1n) is 4.83. The number of phenolic OH excluding ortho intramolecular Hbond substituents is 1. The van der Waals surface area contributed by atoms with Gasteiger partial charge in [0.1, 0.15) is 5.75 Å². The van der Waals surface area contributed by atoms with Gasteiger partial charge in [0.15, 0.2) is 0 Å². The number of nitro groups is 1. The van der Waals surface area contributed by atoms with Crippen LogP contribution in [0.15, 0.2) is 12.1 Å². The Bertz CT molecular complexity index is 417. The van der Waals surface area contributed by atoms with E-state index in [0.717, 1.165) is 0 Å². The van der Waals surface area contributed by atoms with Crippen LogP contribution in [0.4, 0.5) is 5.69 Å². The molecule has 0 saturated carbocycles. The molecule has 0 bridgehead atoms. The van der Waals surface area contributed by atoms with Crippen LogP contribution in [-0.4, -0.2) is 16.6 Å². The van der Waals surface area contributed by atoms with Gasteiger partial charge < -0.3 is 10.4 Å². The Kier molecular flexibility index (Phi) is 2.32. The van der Waals surface area contributed by atoms with Crippen molar-refractivity contribution in [3.63, 3.8) is 0 Å². The molecular formula is C10H12N2O3. The number of fused-ring (bicyclic) bond motifs is 1. The second-order valence-electron chi connectivity index (χ2n) is 3.68. The molecule has 2 rings (SSSR count). The highest BCUT2D eigenvalue weighted by molar-refractivity contribution is 5.54. The van der Waals surface area contributed by atoms with E-state index in [4.69, 9.17) is 0 Å². The number of phenols is 1. The summed E-state index contributed by atoms with van der Waals surface area (Å²) in [6, 6.07) is 2.72. The lowest BCUT2D eigenvalue weighted by Gasteiger charge is -2.24. The topological polar surface area (TPSA) is 75.4 Å². The van der Waals surface area contributed by atoms with Gasteiger partial charge in [0.25, 0.3) is 5.69 Å². The predicted molar refractivity (Wildman–Crippen MR) is 54.9 cm³/mol. The van der Waals surface area contributed by atoms with Crippen molar-refractivity contribution >= 4 is 5.69 Å². The molecule has 5 nitrogen and oxygen atoms in total. The summed E-state index contributed by atoms with van der Waals surface area (Å²) in [5.74, 6) is 0.135. The molecule has 1 aliphatic heterocycles. The van der Waals surface area contributed by atoms with E-state index in [1.807, 2.05) is 6.92 Å². The van der Waals surface area contributed by atoms with Gasteiger partial charge in [-0.2, -0.15) is 0 Å². The number of aromatic hydroxyl groups is 1. The maximum atomic E-state index is 10.8. The van der Waals surface area contributed by atoms with E-state index in [0.29, 0.717) is 24.1 Å². The third kappa shape index (κ3) is 1.55. The first kappa shape index (κ1) is 9.92. The van der Waals surface area contributed by atoms with Crippen molar-refractivity contribution in [2.24, 2.45) is 0 Å². The van der Waals surface area contributed by atoms with Crippen LogP contribution in [0.5, 0.6) is 5.75 Å². The van der Waals surface area contributed by atoms with Gasteiger partial charge in [-0.05, 0) is 19.4 Å². The number of nitro benzene ring substituents is 1. The van der Waals surface area contributed by atoms with Crippen molar-refractivity contribution < 1.29 is 10.0 Å². The van der Waals surface area contributed by atoms with Crippen molar-refractivity contribution in [3.05, 3.63) is 33.4 Å². The molecule has 1 unspecified atom stereocenters. The molecule has 0 aromatic heterocycles. The SMILES string of the molecule is CC1NCCc2c([N+](=O)[O-])ccc(O)c21. The fraction of sp³-hybridized carbons (Fsp3) is 0.400. The summed E-state index contributed by atoms with van der Waals surface area (Å²) in [5, 5.41) is 23.6. The summed E-state index contributed by atoms with van der Waals surface area (Å²) in [4.78, 5) is 10.4. The highest BCUT2D eigenvalue weighted by atomic mass is 16.6. The summed E-state index contributed by atoms with van der Waals surface area (Å²) in [5.41, 5.74) is 1.43. The van der Waals surface area contributed by atoms with E-state index in [-0.39, 0.29) is 17.5 Å². The fourth-order valence-corrected chi connectivity index (χ4v) is 2.07. The second kappa shape index (κ2) is 3.51. The number of benzene rings is 1. The van der Waals surface area contributed by atoms with Gasteiger partial charge in [-0.15, -0.1) is 0 Å². The van der Waals surface area contributed by atoms with Crippen LogP contribution in [-0.2, 0) is 6.42 Å². The zero-order chi connectivity index (χ0) is 11.0. The van der Waals surface area contributed by atoms with E-state index in [2.05, 4.69) is 5.32 Å². The average Bonchev–Trinajstić information content (AvgIpc) is 2.17. The summed E-state index contributed by atoms with van der Waals surface area (Å²) < 4.78 is 0. The molecule has 80 valence electrons. The Hall–Kier alpha value is -1.62. The first-order valence-corrected chi connectivity index (χ1v) is 4.83. The molecule has 5 heteroatoms. The minimum absolute atomic E-state index is 0.0337. The lowest BCUT2D eigenvalue weighted by atomic mass is 9.93. The van der Waals surface area contributed by atoms with Crippen molar-refractivity contribution in [1.82, 2.24) is 5.32 Å². The number of rotatable bonds is 1. The molecule has 1 heterocycles. The van der Waals surface area contributed by atoms with Gasteiger partial charge in [0, 0.05) is 29.8 Å². The molecule has 1 aromatic carbocycles. The maximum Gasteiger partial charge on any atom is 0.273 e. The van der Waals surface area contributed by atoms with Crippen LogP contribution in [0.1, 0.15) is 24.1 Å². The lowest BCUT2D eigenvalue weighted by molar-refractivity contribution is -0.385. The van der Waals surface area contributed by atoms with Crippen LogP contribution in [0.3, 0.4) is 0 Å². The molecule has 0 aliphatic carbocycles. The van der Waals surface area contributed by atoms with E-state index in [9.17, 15) is 15.2 Å². The Morgan fingerprint density at radius 2 is 2.33 bits per heavy atom. The Morgan fingerprint density at radius 3 is 3.00 bits per heavy atom. The van der Waals surface area contributed by atoms with Gasteiger partial charge in [-0.25, -0.2) is 0 Å². The standard InChI is InChI=1S/C10H12N2O3/c1-6-10-7(4-5-11-6)8(12(14)15)2-3-9(10)13/h2-3,6,11,13H,4-5H2,1H3. The molecule has 0 spiro atoms. The third-order valence-electron chi connectivity index (χ3n) is 2.76. The zero-order valence-corrected chi connectivity index (χ0v) is 8.36. The normalized spacial score (nSPS) is 19.7. The number of hydrogen-bond donors (Lipinski definition) is 2. The van der Waals surface area contributed by atoms with Crippen LogP contribution in [0.25, 0.3) is 0 Å². The fourth-order valence-electron chi connectivity index (χ4n) is 2.07. The van der Waals surface area contributed by atoms with E-state index in [1.54, 1.807) is 0 Å². The Labute approximate surface area is 86.9 Å². The minimum atomic E-state index is -0.393. The molecule has 1 aromatic rings. The quantitative estimate of drug-likeness (QED) is 0.541. The Balaban J connectivity index is 2.63. The molecule has 1 atom stereocenters. The van der Waals surface area contributed by atoms with Gasteiger partial charge >= 0.3 is 0 Å². The molecule has 1 aliphatic rings. The monoisotopic (exact) mass is 208 g/mol. The van der Waals surface area contributed by atoms with E-state index < -0.39 is 4.92 Å². The first-order chi connectivity index (χ1) is 7.11. The lowest BCUT2D eigenvalue weighted by Crippen LogP contribution is -2.28. The van der Waals surface area contributed by atoms with Crippen molar-refractivity contribution in [1.29, 1.82) is 0 Å². The highest BCUT2D eigenvalue weighted by Crippen LogP contribution is 2.36. The molecular weight excluding hydrogens is 196 g/mol. The minimum Gasteiger partial charge on any atom is -0.508 e. The molecule has 0 saturated heterocycles. The van der Waals surface area contributed by atoms with Crippen LogP contribution >= 0.6 is 0 Å². The van der Waals surface area contributed by atoms with Crippen molar-refractivity contribution in [3.8, 4) is 5.75 Å².